The van der Waals surface area contributed by atoms with Gasteiger partial charge < -0.3 is 15.8 Å². The van der Waals surface area contributed by atoms with E-state index in [1.807, 2.05) is 26.0 Å². The van der Waals surface area contributed by atoms with E-state index in [1.165, 1.54) is 0 Å². The average Bonchev–Trinajstić information content (AvgIpc) is 2.36. The van der Waals surface area contributed by atoms with Crippen molar-refractivity contribution in [1.29, 1.82) is 0 Å². The molecule has 0 aliphatic heterocycles. The van der Waals surface area contributed by atoms with Gasteiger partial charge >= 0.3 is 0 Å². The number of aryl methyl sites for hydroxylation is 1. The second-order valence-corrected chi connectivity index (χ2v) is 6.22. The van der Waals surface area contributed by atoms with Crippen molar-refractivity contribution in [2.75, 3.05) is 6.61 Å². The topological polar surface area (TPSA) is 64.3 Å². The molecular weight excluding hydrogens is 320 g/mol. The molecular formula is C15H23BrN2O2. The molecule has 1 atom stereocenters. The third-order valence-electron chi connectivity index (χ3n) is 3.27. The first-order valence-electron chi connectivity index (χ1n) is 6.76. The fourth-order valence-corrected chi connectivity index (χ4v) is 2.38. The van der Waals surface area contributed by atoms with Crippen molar-refractivity contribution in [1.82, 2.24) is 5.32 Å². The molecule has 0 aliphatic carbocycles. The van der Waals surface area contributed by atoms with Crippen molar-refractivity contribution < 1.29 is 9.53 Å². The largest absolute Gasteiger partial charge is 0.483 e. The number of nitrogens with one attached hydrogen (secondary N) is 1. The minimum atomic E-state index is -0.114. The molecule has 3 N–H and O–H groups in total. The third-order valence-corrected chi connectivity index (χ3v) is 3.73. The molecule has 0 aromatic heterocycles. The standard InChI is InChI=1S/C15H23BrN2O2/c1-9(2)11(4)18-14(19)8-20-15-10(3)5-13(16)6-12(15)7-17/h5-6,9,11H,7-8,17H2,1-4H3,(H,18,19). The SMILES string of the molecule is Cc1cc(Br)cc(CN)c1OCC(=O)NC(C)C(C)C. The second kappa shape index (κ2) is 7.64. The number of rotatable bonds is 6. The van der Waals surface area contributed by atoms with Crippen LogP contribution in [0, 0.1) is 12.8 Å². The van der Waals surface area contributed by atoms with E-state index >= 15 is 0 Å². The Morgan fingerprint density at radius 1 is 1.40 bits per heavy atom. The molecule has 5 heteroatoms. The number of hydrogen-bond acceptors (Lipinski definition) is 3. The first kappa shape index (κ1) is 17.0. The summed E-state index contributed by atoms with van der Waals surface area (Å²) in [4.78, 5) is 11.8. The van der Waals surface area contributed by atoms with Gasteiger partial charge in [-0.05, 0) is 37.5 Å². The van der Waals surface area contributed by atoms with Gasteiger partial charge in [0.2, 0.25) is 0 Å². The molecule has 0 heterocycles. The van der Waals surface area contributed by atoms with E-state index in [9.17, 15) is 4.79 Å². The summed E-state index contributed by atoms with van der Waals surface area (Å²) in [5.74, 6) is 0.979. The second-order valence-electron chi connectivity index (χ2n) is 5.30. The number of nitrogens with two attached hydrogens (primary N) is 1. The number of ether oxygens (including phenoxy) is 1. The highest BCUT2D eigenvalue weighted by Gasteiger charge is 2.13. The molecule has 0 bridgehead atoms. The Balaban J connectivity index is 2.68. The smallest absolute Gasteiger partial charge is 0.258 e. The predicted octanol–water partition coefficient (Wildman–Crippen LogP) is 2.76. The Hall–Kier alpha value is -1.07. The van der Waals surface area contributed by atoms with Gasteiger partial charge in [0.25, 0.3) is 5.91 Å². The number of carbonyl (C=O) groups is 1. The van der Waals surface area contributed by atoms with Gasteiger partial charge in [-0.15, -0.1) is 0 Å². The highest BCUT2D eigenvalue weighted by Crippen LogP contribution is 2.27. The maximum atomic E-state index is 11.8. The minimum absolute atomic E-state index is 0.00648. The molecule has 1 unspecified atom stereocenters. The first-order chi connectivity index (χ1) is 9.35. The van der Waals surface area contributed by atoms with Crippen LogP contribution in [0.4, 0.5) is 0 Å². The maximum Gasteiger partial charge on any atom is 0.258 e. The molecule has 1 rings (SSSR count). The summed E-state index contributed by atoms with van der Waals surface area (Å²) < 4.78 is 6.60. The van der Waals surface area contributed by atoms with Crippen molar-refractivity contribution in [3.05, 3.63) is 27.7 Å². The lowest BCUT2D eigenvalue weighted by atomic mass is 10.1. The summed E-state index contributed by atoms with van der Waals surface area (Å²) in [6.45, 7) is 8.44. The van der Waals surface area contributed by atoms with Gasteiger partial charge in [-0.2, -0.15) is 0 Å². The zero-order valence-electron chi connectivity index (χ0n) is 12.5. The van der Waals surface area contributed by atoms with Gasteiger partial charge in [0.1, 0.15) is 5.75 Å². The summed E-state index contributed by atoms with van der Waals surface area (Å²) in [7, 11) is 0. The molecule has 0 radical (unpaired) electrons. The third kappa shape index (κ3) is 4.80. The van der Waals surface area contributed by atoms with Crippen molar-refractivity contribution in [3.63, 3.8) is 0 Å². The molecule has 1 aromatic rings. The summed E-state index contributed by atoms with van der Waals surface area (Å²) >= 11 is 3.43. The summed E-state index contributed by atoms with van der Waals surface area (Å²) in [5, 5.41) is 2.91. The number of halogens is 1. The molecule has 1 amide bonds. The molecule has 0 spiro atoms. The van der Waals surface area contributed by atoms with E-state index in [0.29, 0.717) is 18.2 Å². The molecule has 4 nitrogen and oxygen atoms in total. The zero-order valence-corrected chi connectivity index (χ0v) is 14.1. The van der Waals surface area contributed by atoms with Crippen molar-refractivity contribution in [2.45, 2.75) is 40.3 Å². The molecule has 20 heavy (non-hydrogen) atoms. The van der Waals surface area contributed by atoms with Crippen molar-refractivity contribution in [2.24, 2.45) is 11.7 Å². The van der Waals surface area contributed by atoms with E-state index in [0.717, 1.165) is 15.6 Å². The lowest BCUT2D eigenvalue weighted by Gasteiger charge is -2.18. The summed E-state index contributed by atoms with van der Waals surface area (Å²) in [5.41, 5.74) is 7.57. The molecule has 0 aliphatic rings. The van der Waals surface area contributed by atoms with E-state index in [4.69, 9.17) is 10.5 Å². The molecule has 0 saturated heterocycles. The number of hydrogen-bond donors (Lipinski definition) is 2. The first-order valence-corrected chi connectivity index (χ1v) is 7.55. The predicted molar refractivity (Wildman–Crippen MR) is 84.7 cm³/mol. The Morgan fingerprint density at radius 2 is 2.05 bits per heavy atom. The molecule has 0 saturated carbocycles. The van der Waals surface area contributed by atoms with E-state index < -0.39 is 0 Å². The van der Waals surface area contributed by atoms with Crippen LogP contribution in [0.2, 0.25) is 0 Å². The van der Waals surface area contributed by atoms with Crippen LogP contribution >= 0.6 is 15.9 Å². The van der Waals surface area contributed by atoms with Crippen molar-refractivity contribution in [3.8, 4) is 5.75 Å². The highest BCUT2D eigenvalue weighted by molar-refractivity contribution is 9.10. The highest BCUT2D eigenvalue weighted by atomic mass is 79.9. The summed E-state index contributed by atoms with van der Waals surface area (Å²) in [6, 6.07) is 3.99. The Kier molecular flexibility index (Phi) is 6.49. The monoisotopic (exact) mass is 342 g/mol. The maximum absolute atomic E-state index is 11.8. The zero-order chi connectivity index (χ0) is 15.3. The van der Waals surface area contributed by atoms with Gasteiger partial charge in [-0.25, -0.2) is 0 Å². The van der Waals surface area contributed by atoms with Gasteiger partial charge in [-0.3, -0.25) is 4.79 Å². The number of carbonyl (C=O) groups excluding carboxylic acids is 1. The van der Waals surface area contributed by atoms with Crippen LogP contribution in [-0.2, 0) is 11.3 Å². The fourth-order valence-electron chi connectivity index (χ4n) is 1.76. The molecule has 112 valence electrons. The van der Waals surface area contributed by atoms with Crippen LogP contribution in [0.25, 0.3) is 0 Å². The Morgan fingerprint density at radius 3 is 2.60 bits per heavy atom. The molecule has 1 aromatic carbocycles. The van der Waals surface area contributed by atoms with Gasteiger partial charge in [0.15, 0.2) is 6.61 Å². The van der Waals surface area contributed by atoms with Gasteiger partial charge in [0, 0.05) is 22.6 Å². The van der Waals surface area contributed by atoms with Crippen LogP contribution in [0.5, 0.6) is 5.75 Å². The van der Waals surface area contributed by atoms with Crippen LogP contribution in [-0.4, -0.2) is 18.6 Å². The average molecular weight is 343 g/mol. The summed E-state index contributed by atoms with van der Waals surface area (Å²) in [6.07, 6.45) is 0. The number of benzene rings is 1. The van der Waals surface area contributed by atoms with E-state index in [2.05, 4.69) is 35.1 Å². The van der Waals surface area contributed by atoms with Gasteiger partial charge in [0.05, 0.1) is 0 Å². The number of amides is 1. The van der Waals surface area contributed by atoms with Crippen LogP contribution < -0.4 is 15.8 Å². The Labute approximate surface area is 129 Å². The lowest BCUT2D eigenvalue weighted by Crippen LogP contribution is -2.39. The quantitative estimate of drug-likeness (QED) is 0.835. The Bertz CT molecular complexity index is 475. The normalized spacial score (nSPS) is 12.3. The van der Waals surface area contributed by atoms with E-state index in [1.54, 1.807) is 0 Å². The fraction of sp³-hybridized carbons (Fsp3) is 0.533. The van der Waals surface area contributed by atoms with Crippen LogP contribution in [0.3, 0.4) is 0 Å². The van der Waals surface area contributed by atoms with E-state index in [-0.39, 0.29) is 18.6 Å². The van der Waals surface area contributed by atoms with Crippen LogP contribution in [0.15, 0.2) is 16.6 Å². The molecule has 0 fully saturated rings. The van der Waals surface area contributed by atoms with Gasteiger partial charge in [-0.1, -0.05) is 29.8 Å². The van der Waals surface area contributed by atoms with Crippen molar-refractivity contribution >= 4 is 21.8 Å². The van der Waals surface area contributed by atoms with Crippen LogP contribution in [0.1, 0.15) is 31.9 Å². The lowest BCUT2D eigenvalue weighted by molar-refractivity contribution is -0.124. The minimum Gasteiger partial charge on any atom is -0.483 e.